The quantitative estimate of drug-likeness (QED) is 0.334. The first-order chi connectivity index (χ1) is 10.8. The molecule has 0 radical (unpaired) electrons. The fourth-order valence-corrected chi connectivity index (χ4v) is 3.31. The van der Waals surface area contributed by atoms with Gasteiger partial charge in [-0.15, -0.1) is 0 Å². The van der Waals surface area contributed by atoms with Crippen LogP contribution in [0.25, 0.3) is 43.5 Å². The van der Waals surface area contributed by atoms with Gasteiger partial charge in [-0.3, -0.25) is 0 Å². The van der Waals surface area contributed by atoms with E-state index in [2.05, 4.69) is 17.1 Å². The highest BCUT2D eigenvalue weighted by Crippen LogP contribution is 2.35. The Morgan fingerprint density at radius 2 is 1.41 bits per heavy atom. The highest BCUT2D eigenvalue weighted by molar-refractivity contribution is 6.26. The zero-order valence-corrected chi connectivity index (χ0v) is 11.6. The Balaban J connectivity index is 2.21. The number of nitrogens with one attached hydrogen (secondary N) is 1. The smallest absolute Gasteiger partial charge is 0.344 e. The van der Waals surface area contributed by atoms with Crippen molar-refractivity contribution in [2.45, 2.75) is 0 Å². The van der Waals surface area contributed by atoms with Crippen LogP contribution in [0.5, 0.6) is 0 Å². The summed E-state index contributed by atoms with van der Waals surface area (Å²) in [6.45, 7) is 0. The molecule has 1 N–H and O–H groups in total. The summed E-state index contributed by atoms with van der Waals surface area (Å²) in [5, 5.41) is 4.79. The number of aromatic nitrogens is 1. The van der Waals surface area contributed by atoms with Gasteiger partial charge in [0.25, 0.3) is 0 Å². The first kappa shape index (κ1) is 11.6. The summed E-state index contributed by atoms with van der Waals surface area (Å²) in [5.41, 5.74) is 2.47. The van der Waals surface area contributed by atoms with Crippen LogP contribution < -0.4 is 5.63 Å². The van der Waals surface area contributed by atoms with Gasteiger partial charge in [-0.25, -0.2) is 4.79 Å². The molecule has 0 aliphatic carbocycles. The molecule has 22 heavy (non-hydrogen) atoms. The fraction of sp³-hybridized carbons (Fsp3) is 0. The SMILES string of the molecule is O=c1oc2ccc3[nH]c4ccccc4c3c2c2ccccc12. The van der Waals surface area contributed by atoms with E-state index in [-0.39, 0.29) is 5.63 Å². The summed E-state index contributed by atoms with van der Waals surface area (Å²) < 4.78 is 5.53. The van der Waals surface area contributed by atoms with Crippen LogP contribution >= 0.6 is 0 Å². The summed E-state index contributed by atoms with van der Waals surface area (Å²) >= 11 is 0. The Kier molecular flexibility index (Phi) is 2.09. The van der Waals surface area contributed by atoms with Gasteiger partial charge in [0.2, 0.25) is 0 Å². The van der Waals surface area contributed by atoms with Crippen molar-refractivity contribution in [3.8, 4) is 0 Å². The van der Waals surface area contributed by atoms with Crippen LogP contribution in [-0.2, 0) is 0 Å². The summed E-state index contributed by atoms with van der Waals surface area (Å²) in [5.74, 6) is 0. The molecular weight excluding hydrogens is 274 g/mol. The van der Waals surface area contributed by atoms with E-state index in [1.54, 1.807) is 0 Å². The molecule has 2 heterocycles. The van der Waals surface area contributed by atoms with Crippen LogP contribution in [0.15, 0.2) is 69.9 Å². The molecule has 0 bridgehead atoms. The van der Waals surface area contributed by atoms with Gasteiger partial charge in [0.05, 0.1) is 5.39 Å². The standard InChI is InChI=1S/C19H11NO2/c21-19-12-6-2-1-5-11(12)18-16(22-19)10-9-15-17(18)13-7-3-4-8-14(13)20-15/h1-10,20H. The lowest BCUT2D eigenvalue weighted by atomic mass is 10.0. The first-order valence-electron chi connectivity index (χ1n) is 7.18. The van der Waals surface area contributed by atoms with Gasteiger partial charge >= 0.3 is 5.63 Å². The van der Waals surface area contributed by atoms with Crippen LogP contribution in [0.1, 0.15) is 0 Å². The molecule has 3 nitrogen and oxygen atoms in total. The van der Waals surface area contributed by atoms with Crippen molar-refractivity contribution in [2.24, 2.45) is 0 Å². The van der Waals surface area contributed by atoms with Gasteiger partial charge in [-0.05, 0) is 24.3 Å². The lowest BCUT2D eigenvalue weighted by Gasteiger charge is -2.04. The maximum absolute atomic E-state index is 12.2. The predicted octanol–water partition coefficient (Wildman–Crippen LogP) is 4.58. The second-order valence-corrected chi connectivity index (χ2v) is 5.47. The Hall–Kier alpha value is -3.07. The van der Waals surface area contributed by atoms with E-state index in [1.165, 1.54) is 0 Å². The first-order valence-corrected chi connectivity index (χ1v) is 7.18. The van der Waals surface area contributed by atoms with Gasteiger partial charge in [0.15, 0.2) is 0 Å². The van der Waals surface area contributed by atoms with E-state index >= 15 is 0 Å². The summed E-state index contributed by atoms with van der Waals surface area (Å²) in [6, 6.07) is 19.6. The number of para-hydroxylation sites is 1. The average molecular weight is 285 g/mol. The second kappa shape index (κ2) is 3.98. The number of hydrogen-bond acceptors (Lipinski definition) is 2. The molecule has 5 rings (SSSR count). The number of aromatic amines is 1. The van der Waals surface area contributed by atoms with E-state index in [4.69, 9.17) is 4.42 Å². The third-order valence-electron chi connectivity index (χ3n) is 4.25. The molecular formula is C19H11NO2. The minimum atomic E-state index is -0.290. The van der Waals surface area contributed by atoms with E-state index in [0.717, 1.165) is 32.6 Å². The van der Waals surface area contributed by atoms with Crippen molar-refractivity contribution >= 4 is 43.5 Å². The minimum Gasteiger partial charge on any atom is -0.422 e. The fourth-order valence-electron chi connectivity index (χ4n) is 3.31. The molecule has 3 heteroatoms. The molecule has 104 valence electrons. The number of rotatable bonds is 0. The summed E-state index contributed by atoms with van der Waals surface area (Å²) in [4.78, 5) is 15.6. The average Bonchev–Trinajstić information content (AvgIpc) is 2.93. The van der Waals surface area contributed by atoms with Gasteiger partial charge in [-0.1, -0.05) is 36.4 Å². The van der Waals surface area contributed by atoms with Gasteiger partial charge in [-0.2, -0.15) is 0 Å². The summed E-state index contributed by atoms with van der Waals surface area (Å²) in [6.07, 6.45) is 0. The number of fused-ring (bicyclic) bond motifs is 7. The highest BCUT2D eigenvalue weighted by Gasteiger charge is 2.13. The Morgan fingerprint density at radius 1 is 0.682 bits per heavy atom. The number of hydrogen-bond donors (Lipinski definition) is 1. The third-order valence-corrected chi connectivity index (χ3v) is 4.25. The van der Waals surface area contributed by atoms with Crippen molar-refractivity contribution in [2.75, 3.05) is 0 Å². The lowest BCUT2D eigenvalue weighted by molar-refractivity contribution is 0.570. The molecule has 0 aliphatic rings. The van der Waals surface area contributed by atoms with Crippen LogP contribution in [0.4, 0.5) is 0 Å². The molecule has 0 saturated heterocycles. The van der Waals surface area contributed by atoms with Crippen molar-refractivity contribution in [3.05, 3.63) is 71.1 Å². The third kappa shape index (κ3) is 1.37. The number of H-pyrrole nitrogens is 1. The molecule has 3 aromatic carbocycles. The van der Waals surface area contributed by atoms with Crippen molar-refractivity contribution in [1.29, 1.82) is 0 Å². The van der Waals surface area contributed by atoms with Crippen LogP contribution in [0.3, 0.4) is 0 Å². The van der Waals surface area contributed by atoms with Gasteiger partial charge < -0.3 is 9.40 Å². The molecule has 0 aliphatic heterocycles. The van der Waals surface area contributed by atoms with Gasteiger partial charge in [0.1, 0.15) is 5.58 Å². The monoisotopic (exact) mass is 285 g/mol. The van der Waals surface area contributed by atoms with Gasteiger partial charge in [0, 0.05) is 32.6 Å². The van der Waals surface area contributed by atoms with Crippen molar-refractivity contribution in [1.82, 2.24) is 4.98 Å². The van der Waals surface area contributed by atoms with E-state index in [9.17, 15) is 4.79 Å². The van der Waals surface area contributed by atoms with Crippen LogP contribution in [0.2, 0.25) is 0 Å². The Bertz CT molecular complexity index is 1240. The molecule has 2 aromatic heterocycles. The van der Waals surface area contributed by atoms with E-state index < -0.39 is 0 Å². The summed E-state index contributed by atoms with van der Waals surface area (Å²) in [7, 11) is 0. The molecule has 5 aromatic rings. The van der Waals surface area contributed by atoms with E-state index in [0.29, 0.717) is 11.0 Å². The van der Waals surface area contributed by atoms with Crippen molar-refractivity contribution in [3.63, 3.8) is 0 Å². The topological polar surface area (TPSA) is 46.0 Å². The normalized spacial score (nSPS) is 11.8. The Labute approximate surface area is 124 Å². The Morgan fingerprint density at radius 3 is 2.27 bits per heavy atom. The maximum Gasteiger partial charge on any atom is 0.344 e. The van der Waals surface area contributed by atoms with Crippen LogP contribution in [-0.4, -0.2) is 4.98 Å². The molecule has 0 fully saturated rings. The zero-order valence-electron chi connectivity index (χ0n) is 11.6. The molecule has 0 unspecified atom stereocenters. The lowest BCUT2D eigenvalue weighted by Crippen LogP contribution is -1.99. The second-order valence-electron chi connectivity index (χ2n) is 5.47. The van der Waals surface area contributed by atoms with Crippen LogP contribution in [0, 0.1) is 0 Å². The predicted molar refractivity (Wildman–Crippen MR) is 89.4 cm³/mol. The largest absolute Gasteiger partial charge is 0.422 e. The maximum atomic E-state index is 12.2. The van der Waals surface area contributed by atoms with Crippen molar-refractivity contribution < 1.29 is 4.42 Å². The zero-order chi connectivity index (χ0) is 14.7. The minimum absolute atomic E-state index is 0.290. The molecule has 0 saturated carbocycles. The van der Waals surface area contributed by atoms with E-state index in [1.807, 2.05) is 48.5 Å². The number of benzene rings is 3. The highest BCUT2D eigenvalue weighted by atomic mass is 16.4. The molecule has 0 spiro atoms. The molecule has 0 atom stereocenters. The molecule has 0 amide bonds.